The molecule has 7 N–H and O–H groups in total. The van der Waals surface area contributed by atoms with Crippen LogP contribution >= 0.6 is 35.4 Å². The number of aromatic hydroxyl groups is 2. The van der Waals surface area contributed by atoms with Gasteiger partial charge in [-0.2, -0.15) is 30.5 Å². The smallest absolute Gasteiger partial charge is 0.299 e. The van der Waals surface area contributed by atoms with Crippen molar-refractivity contribution < 1.29 is 87.9 Å². The minimum Gasteiger partial charge on any atom is -0.505 e. The number of azo groups is 3. The number of methoxy groups -OCH3 is 2. The molecule has 0 aliphatic rings. The zero-order chi connectivity index (χ0) is 57.7. The van der Waals surface area contributed by atoms with Crippen molar-refractivity contribution in [2.45, 2.75) is 34.5 Å². The van der Waals surface area contributed by atoms with E-state index in [1.807, 2.05) is 6.07 Å². The summed E-state index contributed by atoms with van der Waals surface area (Å²) in [5.41, 5.74) is -0.153. The van der Waals surface area contributed by atoms with Crippen molar-refractivity contribution in [1.29, 1.82) is 5.26 Å². The minimum absolute atomic E-state index is 0.00119. The number of nitriles is 1. The van der Waals surface area contributed by atoms with Crippen molar-refractivity contribution >= 4 is 143 Å². The van der Waals surface area contributed by atoms with Crippen molar-refractivity contribution in [3.05, 3.63) is 77.9 Å². The molecular formula is C44H39N11O19S6. The van der Waals surface area contributed by atoms with Crippen LogP contribution in [-0.2, 0) is 49.1 Å². The van der Waals surface area contributed by atoms with Crippen LogP contribution < -0.4 is 14.4 Å². The number of fused-ring (bicyclic) bond motifs is 5. The van der Waals surface area contributed by atoms with Crippen molar-refractivity contribution in [3.8, 4) is 29.2 Å². The van der Waals surface area contributed by atoms with Gasteiger partial charge in [-0.25, -0.2) is 20.5 Å². The van der Waals surface area contributed by atoms with Gasteiger partial charge < -0.3 is 24.6 Å². The predicted octanol–water partition coefficient (Wildman–Crippen LogP) is 10.6. The number of imidazole rings is 1. The van der Waals surface area contributed by atoms with Crippen LogP contribution in [0.4, 0.5) is 39.3 Å². The molecule has 0 saturated heterocycles. The zero-order valence-electron chi connectivity index (χ0n) is 41.0. The number of pyridine rings is 1. The quantitative estimate of drug-likeness (QED) is 0.00738. The van der Waals surface area contributed by atoms with Crippen molar-refractivity contribution in [2.24, 2.45) is 30.7 Å². The van der Waals surface area contributed by atoms with Crippen LogP contribution in [0.15, 0.2) is 112 Å². The summed E-state index contributed by atoms with van der Waals surface area (Å²) < 4.78 is 126. The Labute approximate surface area is 463 Å². The molecule has 8 aromatic rings. The molecule has 8 rings (SSSR count). The second-order valence-corrected chi connectivity index (χ2v) is 23.2. The maximum atomic E-state index is 12.9. The molecule has 5 aromatic carbocycles. The lowest BCUT2D eigenvalue weighted by atomic mass is 10.1. The molecule has 0 amide bonds. The Morgan fingerprint density at radius 3 is 2.15 bits per heavy atom. The Hall–Kier alpha value is -7.32. The van der Waals surface area contributed by atoms with E-state index in [4.69, 9.17) is 20.0 Å². The number of hydrogen-bond acceptors (Lipinski definition) is 29. The molecule has 0 aliphatic heterocycles. The number of aromatic nitrogens is 3. The van der Waals surface area contributed by atoms with Gasteiger partial charge >= 0.3 is 0 Å². The van der Waals surface area contributed by atoms with Crippen LogP contribution in [0.25, 0.3) is 37.7 Å². The third-order valence-electron chi connectivity index (χ3n) is 11.5. The van der Waals surface area contributed by atoms with Crippen LogP contribution in [0.3, 0.4) is 0 Å². The molecule has 3 heterocycles. The zero-order valence-corrected chi connectivity index (χ0v) is 45.9. The standard InChI is InChI=1S/C44H39N11O19S6/c1-22-25(21-45)42-46-26-8-4-5-9-31(26)55(42)43(57)37(22)51-50-30-18-24-23(17-36(30)79(63,64)65)16-35(77-74-72-59)38(39(24)56)52-48-28-20-34(70-3)29(19-32(28)54(12-6-14-75-73-71-58)13-7-15-78(60,61)62)49-53-44-47-27-10-11-33(69-2)41(40(27)76-44)80(66,67)68/h4-5,8-11,16-20,56-59H,6-7,12-15H2,1-3H3,(H,60,61,62)(H,63,64,65)(H,66,67,68). The highest BCUT2D eigenvalue weighted by Crippen LogP contribution is 2.49. The molecule has 0 bridgehead atoms. The highest BCUT2D eigenvalue weighted by Gasteiger charge is 2.27. The summed E-state index contributed by atoms with van der Waals surface area (Å²) in [6, 6.07) is 17.3. The highest BCUT2D eigenvalue weighted by atomic mass is 32.2. The van der Waals surface area contributed by atoms with E-state index in [9.17, 15) is 54.4 Å². The Morgan fingerprint density at radius 2 is 1.46 bits per heavy atom. The highest BCUT2D eigenvalue weighted by molar-refractivity contribution is 7.94. The summed E-state index contributed by atoms with van der Waals surface area (Å²) in [5.74, 6) is -1.99. The van der Waals surface area contributed by atoms with Gasteiger partial charge in [0.1, 0.15) is 50.8 Å². The largest absolute Gasteiger partial charge is 0.505 e. The number of benzene rings is 5. The van der Waals surface area contributed by atoms with E-state index in [0.717, 1.165) is 35.5 Å². The Morgan fingerprint density at radius 1 is 0.762 bits per heavy atom. The summed E-state index contributed by atoms with van der Waals surface area (Å²) in [5, 5.41) is 84.1. The lowest BCUT2D eigenvalue weighted by Gasteiger charge is -2.26. The number of thiazole rings is 1. The number of para-hydroxylation sites is 2. The number of nitrogens with zero attached hydrogens (tertiary/aromatic N) is 11. The lowest BCUT2D eigenvalue weighted by Crippen LogP contribution is -2.27. The number of phenols is 1. The average molecular weight is 1220 g/mol. The number of ether oxygens (including phenoxy) is 2. The molecule has 80 heavy (non-hydrogen) atoms. The van der Waals surface area contributed by atoms with Crippen LogP contribution in [0.5, 0.6) is 23.1 Å². The molecule has 36 heteroatoms. The van der Waals surface area contributed by atoms with E-state index in [1.165, 1.54) is 55.9 Å². The average Bonchev–Trinajstić information content (AvgIpc) is 4.07. The summed E-state index contributed by atoms with van der Waals surface area (Å²) >= 11 is 1.72. The van der Waals surface area contributed by atoms with Gasteiger partial charge in [-0.05, 0) is 73.7 Å². The van der Waals surface area contributed by atoms with Gasteiger partial charge in [-0.3, -0.25) is 18.1 Å². The first kappa shape index (κ1) is 58.8. The maximum Gasteiger partial charge on any atom is 0.299 e. The first-order chi connectivity index (χ1) is 38.1. The Balaban J connectivity index is 1.28. The van der Waals surface area contributed by atoms with Gasteiger partial charge in [-0.1, -0.05) is 33.5 Å². The summed E-state index contributed by atoms with van der Waals surface area (Å²) in [7, 11) is -12.0. The van der Waals surface area contributed by atoms with Crippen molar-refractivity contribution in [2.75, 3.05) is 43.7 Å². The summed E-state index contributed by atoms with van der Waals surface area (Å²) in [6.45, 7) is 1.41. The Kier molecular flexibility index (Phi) is 18.1. The van der Waals surface area contributed by atoms with Crippen molar-refractivity contribution in [1.82, 2.24) is 14.4 Å². The molecular weight excluding hydrogens is 1180 g/mol. The number of anilines is 1. The number of phenolic OH excluding ortho intramolecular Hbond substituents is 1. The maximum absolute atomic E-state index is 12.9. The molecule has 0 fully saturated rings. The number of rotatable bonds is 24. The second kappa shape index (κ2) is 24.6. The fourth-order valence-electron chi connectivity index (χ4n) is 8.05. The van der Waals surface area contributed by atoms with Gasteiger partial charge in [0, 0.05) is 47.9 Å². The van der Waals surface area contributed by atoms with Gasteiger partial charge in [0.05, 0.1) is 63.8 Å². The molecule has 3 aromatic heterocycles. The van der Waals surface area contributed by atoms with E-state index < -0.39 is 68.9 Å². The molecule has 0 unspecified atom stereocenters. The molecule has 420 valence electrons. The normalized spacial score (nSPS) is 12.6. The van der Waals surface area contributed by atoms with E-state index in [2.05, 4.69) is 59.4 Å². The van der Waals surface area contributed by atoms with Crippen LogP contribution in [0.1, 0.15) is 24.0 Å². The second-order valence-electron chi connectivity index (χ2n) is 16.3. The van der Waals surface area contributed by atoms with Gasteiger partial charge in [0.15, 0.2) is 22.0 Å². The first-order valence-corrected chi connectivity index (χ1v) is 29.3. The third kappa shape index (κ3) is 12.8. The molecule has 0 radical (unpaired) electrons. The molecule has 0 saturated carbocycles. The summed E-state index contributed by atoms with van der Waals surface area (Å²) in [4.78, 5) is 8.78. The third-order valence-corrected chi connectivity index (χ3v) is 16.4. The lowest BCUT2D eigenvalue weighted by molar-refractivity contribution is -0.432. The van der Waals surface area contributed by atoms with E-state index in [-0.39, 0.29) is 126 Å². The monoisotopic (exact) mass is 1220 g/mol. The molecule has 30 nitrogen and oxygen atoms in total. The predicted molar refractivity (Wildman–Crippen MR) is 287 cm³/mol. The topological polar surface area (TPSA) is 431 Å². The molecule has 0 spiro atoms. The summed E-state index contributed by atoms with van der Waals surface area (Å²) in [6.07, 6.45) is 0.0744. The van der Waals surface area contributed by atoms with Crippen LogP contribution in [0.2, 0.25) is 0 Å². The van der Waals surface area contributed by atoms with Gasteiger partial charge in [0.25, 0.3) is 30.4 Å². The van der Waals surface area contributed by atoms with E-state index >= 15 is 0 Å². The van der Waals surface area contributed by atoms with Gasteiger partial charge in [0.2, 0.25) is 11.0 Å². The van der Waals surface area contributed by atoms with Crippen LogP contribution in [-0.4, -0.2) is 113 Å². The fourth-order valence-corrected chi connectivity index (χ4v) is 12.0. The van der Waals surface area contributed by atoms with Gasteiger partial charge in [-0.15, -0.1) is 39.4 Å². The van der Waals surface area contributed by atoms with Crippen LogP contribution in [0, 0.1) is 18.3 Å². The fraction of sp³-hybridized carbons (Fsp3) is 0.205. The molecule has 0 aliphatic carbocycles. The first-order valence-electron chi connectivity index (χ1n) is 22.3. The SMILES string of the molecule is COc1cc(N=Nc2c(SOOO)cc3cc(S(=O)(=O)O)c(N=Nc4c(C)c(C#N)c5nc6ccccc6n5c4O)cc3c2O)c(N(CCCSOOO)CCCS(=O)(=O)O)cc1N=Nc1nc2ccc(OC)c(S(=O)(=O)O)c2s1. The van der Waals surface area contributed by atoms with Crippen molar-refractivity contribution in [3.63, 3.8) is 0 Å². The minimum atomic E-state index is -5.15. The number of hydrogen-bond donors (Lipinski definition) is 7. The van der Waals surface area contributed by atoms with E-state index in [0.29, 0.717) is 11.0 Å². The molecule has 0 atom stereocenters. The van der Waals surface area contributed by atoms with E-state index in [1.54, 1.807) is 29.2 Å². The Bertz CT molecular complexity index is 4210.